The number of amides is 1. The van der Waals surface area contributed by atoms with Gasteiger partial charge in [0.15, 0.2) is 10.9 Å². The molecular formula is C18H26N4O2S. The molecule has 25 heavy (non-hydrogen) atoms. The Morgan fingerprint density at radius 2 is 2.20 bits per heavy atom. The summed E-state index contributed by atoms with van der Waals surface area (Å²) in [6, 6.07) is 4.35. The van der Waals surface area contributed by atoms with Crippen LogP contribution in [0.25, 0.3) is 11.6 Å². The normalized spacial score (nSPS) is 16.7. The third-order valence-electron chi connectivity index (χ3n) is 4.70. The summed E-state index contributed by atoms with van der Waals surface area (Å²) in [7, 11) is 0. The Hall–Kier alpha value is -1.76. The number of rotatable bonds is 7. The van der Waals surface area contributed by atoms with Gasteiger partial charge in [-0.1, -0.05) is 37.9 Å². The third kappa shape index (κ3) is 4.45. The molecule has 0 aliphatic heterocycles. The molecule has 6 nitrogen and oxygen atoms in total. The molecule has 1 aliphatic rings. The molecule has 2 aromatic heterocycles. The fourth-order valence-electron chi connectivity index (χ4n) is 3.17. The summed E-state index contributed by atoms with van der Waals surface area (Å²) in [5, 5.41) is 12.5. The summed E-state index contributed by atoms with van der Waals surface area (Å²) in [6.45, 7) is 4.08. The van der Waals surface area contributed by atoms with Crippen molar-refractivity contribution in [3.8, 4) is 11.6 Å². The summed E-state index contributed by atoms with van der Waals surface area (Å²) in [5.74, 6) is 1.89. The molecule has 0 spiro atoms. The molecule has 7 heteroatoms. The highest BCUT2D eigenvalue weighted by molar-refractivity contribution is 7.99. The number of carbonyl (C=O) groups excluding carboxylic acids is 1. The van der Waals surface area contributed by atoms with Gasteiger partial charge in [-0.3, -0.25) is 9.36 Å². The summed E-state index contributed by atoms with van der Waals surface area (Å²) in [6.07, 6.45) is 8.56. The van der Waals surface area contributed by atoms with Crippen LogP contribution in [0.4, 0.5) is 0 Å². The Labute approximate surface area is 152 Å². The van der Waals surface area contributed by atoms with Crippen LogP contribution >= 0.6 is 11.8 Å². The standard InChI is InChI=1S/C18H26N4O2S/c1-3-13(2)19-16(23)12-25-18-21-20-17(15-10-7-11-24-15)22(18)14-8-5-4-6-9-14/h7,10-11,13-14H,3-6,8-9,12H2,1-2H3,(H,19,23). The predicted octanol–water partition coefficient (Wildman–Crippen LogP) is 4.05. The van der Waals surface area contributed by atoms with Gasteiger partial charge in [0.05, 0.1) is 12.0 Å². The van der Waals surface area contributed by atoms with E-state index in [0.29, 0.717) is 11.8 Å². The highest BCUT2D eigenvalue weighted by Crippen LogP contribution is 2.35. The zero-order chi connectivity index (χ0) is 17.6. The van der Waals surface area contributed by atoms with Crippen LogP contribution in [0.2, 0.25) is 0 Å². The highest BCUT2D eigenvalue weighted by Gasteiger charge is 2.25. The molecule has 2 heterocycles. The van der Waals surface area contributed by atoms with E-state index in [1.807, 2.05) is 19.1 Å². The van der Waals surface area contributed by atoms with Crippen molar-refractivity contribution >= 4 is 17.7 Å². The molecule has 1 unspecified atom stereocenters. The van der Waals surface area contributed by atoms with Gasteiger partial charge in [0.1, 0.15) is 0 Å². The van der Waals surface area contributed by atoms with Crippen LogP contribution in [0, 0.1) is 0 Å². The first-order chi connectivity index (χ1) is 12.2. The molecular weight excluding hydrogens is 336 g/mol. The Morgan fingerprint density at radius 1 is 1.40 bits per heavy atom. The van der Waals surface area contributed by atoms with E-state index in [4.69, 9.17) is 4.42 Å². The summed E-state index contributed by atoms with van der Waals surface area (Å²) >= 11 is 1.46. The first-order valence-electron chi connectivity index (χ1n) is 9.10. The second kappa shape index (κ2) is 8.56. The zero-order valence-corrected chi connectivity index (χ0v) is 15.7. The molecule has 3 rings (SSSR count). The first-order valence-corrected chi connectivity index (χ1v) is 10.1. The average Bonchev–Trinajstić information content (AvgIpc) is 3.29. The van der Waals surface area contributed by atoms with Crippen LogP contribution in [0.3, 0.4) is 0 Å². The van der Waals surface area contributed by atoms with E-state index in [1.54, 1.807) is 6.26 Å². The van der Waals surface area contributed by atoms with E-state index in [2.05, 4.69) is 27.0 Å². The number of hydrogen-bond acceptors (Lipinski definition) is 5. The maximum atomic E-state index is 12.1. The maximum absolute atomic E-state index is 12.1. The lowest BCUT2D eigenvalue weighted by atomic mass is 9.95. The van der Waals surface area contributed by atoms with Gasteiger partial charge in [0.25, 0.3) is 0 Å². The Morgan fingerprint density at radius 3 is 2.88 bits per heavy atom. The van der Waals surface area contributed by atoms with Gasteiger partial charge in [-0.25, -0.2) is 0 Å². The van der Waals surface area contributed by atoms with Gasteiger partial charge in [0, 0.05) is 12.1 Å². The average molecular weight is 362 g/mol. The molecule has 1 N–H and O–H groups in total. The minimum Gasteiger partial charge on any atom is -0.461 e. The van der Waals surface area contributed by atoms with Gasteiger partial charge in [0.2, 0.25) is 11.7 Å². The van der Waals surface area contributed by atoms with Crippen molar-refractivity contribution in [2.75, 3.05) is 5.75 Å². The van der Waals surface area contributed by atoms with Gasteiger partial charge < -0.3 is 9.73 Å². The second-order valence-electron chi connectivity index (χ2n) is 6.61. The summed E-state index contributed by atoms with van der Waals surface area (Å²) in [4.78, 5) is 12.1. The van der Waals surface area contributed by atoms with Crippen molar-refractivity contribution < 1.29 is 9.21 Å². The molecule has 2 aromatic rings. The highest BCUT2D eigenvalue weighted by atomic mass is 32.2. The van der Waals surface area contributed by atoms with Crippen LogP contribution < -0.4 is 5.32 Å². The smallest absolute Gasteiger partial charge is 0.230 e. The lowest BCUT2D eigenvalue weighted by Crippen LogP contribution is -2.33. The molecule has 1 saturated carbocycles. The molecule has 1 fully saturated rings. The van der Waals surface area contributed by atoms with Gasteiger partial charge in [-0.2, -0.15) is 0 Å². The molecule has 0 saturated heterocycles. The Kier molecular flexibility index (Phi) is 6.18. The van der Waals surface area contributed by atoms with E-state index in [9.17, 15) is 4.79 Å². The van der Waals surface area contributed by atoms with Crippen molar-refractivity contribution in [2.24, 2.45) is 0 Å². The molecule has 0 bridgehead atoms. The van der Waals surface area contributed by atoms with Crippen LogP contribution in [0.15, 0.2) is 28.0 Å². The molecule has 0 radical (unpaired) electrons. The third-order valence-corrected chi connectivity index (χ3v) is 5.64. The van der Waals surface area contributed by atoms with Crippen LogP contribution in [0.1, 0.15) is 58.4 Å². The first kappa shape index (κ1) is 18.0. The van der Waals surface area contributed by atoms with Crippen molar-refractivity contribution in [1.82, 2.24) is 20.1 Å². The van der Waals surface area contributed by atoms with Gasteiger partial charge in [-0.05, 0) is 38.3 Å². The van der Waals surface area contributed by atoms with E-state index in [-0.39, 0.29) is 11.9 Å². The SMILES string of the molecule is CCC(C)NC(=O)CSc1nnc(-c2ccco2)n1C1CCCCC1. The largest absolute Gasteiger partial charge is 0.461 e. The topological polar surface area (TPSA) is 73.0 Å². The molecule has 136 valence electrons. The van der Waals surface area contributed by atoms with Crippen LogP contribution in [0.5, 0.6) is 0 Å². The van der Waals surface area contributed by atoms with Crippen molar-refractivity contribution in [2.45, 2.75) is 69.6 Å². The number of furan rings is 1. The van der Waals surface area contributed by atoms with E-state index in [1.165, 1.54) is 31.0 Å². The Bertz CT molecular complexity index is 677. The van der Waals surface area contributed by atoms with Crippen LogP contribution in [-0.4, -0.2) is 32.5 Å². The lowest BCUT2D eigenvalue weighted by Gasteiger charge is -2.25. The quantitative estimate of drug-likeness (QED) is 0.752. The number of aromatic nitrogens is 3. The van der Waals surface area contributed by atoms with Gasteiger partial charge >= 0.3 is 0 Å². The molecule has 1 aliphatic carbocycles. The number of nitrogens with one attached hydrogen (secondary N) is 1. The Balaban J connectivity index is 1.77. The van der Waals surface area contributed by atoms with Crippen molar-refractivity contribution in [3.63, 3.8) is 0 Å². The predicted molar refractivity (Wildman–Crippen MR) is 98.5 cm³/mol. The van der Waals surface area contributed by atoms with E-state index < -0.39 is 0 Å². The van der Waals surface area contributed by atoms with Crippen molar-refractivity contribution in [3.05, 3.63) is 18.4 Å². The minimum absolute atomic E-state index is 0.0390. The number of hydrogen-bond donors (Lipinski definition) is 1. The second-order valence-corrected chi connectivity index (χ2v) is 7.55. The van der Waals surface area contributed by atoms with Crippen molar-refractivity contribution in [1.29, 1.82) is 0 Å². The monoisotopic (exact) mass is 362 g/mol. The lowest BCUT2D eigenvalue weighted by molar-refractivity contribution is -0.119. The maximum Gasteiger partial charge on any atom is 0.230 e. The number of carbonyl (C=O) groups is 1. The molecule has 0 aromatic carbocycles. The fraction of sp³-hybridized carbons (Fsp3) is 0.611. The molecule has 1 atom stereocenters. The number of thioether (sulfide) groups is 1. The fourth-order valence-corrected chi connectivity index (χ4v) is 3.98. The zero-order valence-electron chi connectivity index (χ0n) is 14.9. The minimum atomic E-state index is 0.0390. The summed E-state index contributed by atoms with van der Waals surface area (Å²) < 4.78 is 7.73. The van der Waals surface area contributed by atoms with Crippen LogP contribution in [-0.2, 0) is 4.79 Å². The summed E-state index contributed by atoms with van der Waals surface area (Å²) in [5.41, 5.74) is 0. The molecule has 1 amide bonds. The van der Waals surface area contributed by atoms with E-state index in [0.717, 1.165) is 36.0 Å². The number of nitrogens with zero attached hydrogens (tertiary/aromatic N) is 3. The van der Waals surface area contributed by atoms with E-state index >= 15 is 0 Å². The van der Waals surface area contributed by atoms with Gasteiger partial charge in [-0.15, -0.1) is 10.2 Å².